The van der Waals surface area contributed by atoms with Gasteiger partial charge in [0.05, 0.1) is 9.79 Å². The molecule has 0 amide bonds. The second kappa shape index (κ2) is 7.03. The average molecular weight is 360 g/mol. The molecule has 1 aromatic heterocycles. The molecule has 3 aromatic rings. The Morgan fingerprint density at radius 1 is 0.875 bits per heavy atom. The minimum atomic E-state index is -3.51. The highest BCUT2D eigenvalue weighted by atomic mass is 35.5. The van der Waals surface area contributed by atoms with Crippen molar-refractivity contribution in [1.29, 1.82) is 0 Å². The Morgan fingerprint density at radius 3 is 2.17 bits per heavy atom. The zero-order chi connectivity index (χ0) is 17.0. The number of aromatic nitrogens is 1. The summed E-state index contributed by atoms with van der Waals surface area (Å²) in [6.45, 7) is 0.328. The molecule has 2 aromatic carbocycles. The average Bonchev–Trinajstić information content (AvgIpc) is 2.62. The van der Waals surface area contributed by atoms with E-state index in [1.807, 2.05) is 6.07 Å². The molecule has 3 rings (SSSR count). The second-order valence-corrected chi connectivity index (χ2v) is 7.40. The second-order valence-electron chi connectivity index (χ2n) is 5.07. The first kappa shape index (κ1) is 16.5. The van der Waals surface area contributed by atoms with Crippen molar-refractivity contribution in [1.82, 2.24) is 4.98 Å². The monoisotopic (exact) mass is 359 g/mol. The number of halogens is 1. The Hall–Kier alpha value is -2.37. The number of benzene rings is 2. The van der Waals surface area contributed by atoms with Crippen molar-refractivity contribution in [2.24, 2.45) is 0 Å². The molecule has 0 bridgehead atoms. The minimum Gasteiger partial charge on any atom is -0.489 e. The van der Waals surface area contributed by atoms with Crippen molar-refractivity contribution in [2.45, 2.75) is 16.4 Å². The molecule has 6 heteroatoms. The van der Waals surface area contributed by atoms with E-state index < -0.39 is 9.84 Å². The molecule has 0 saturated carbocycles. The van der Waals surface area contributed by atoms with E-state index >= 15 is 0 Å². The third-order valence-corrected chi connectivity index (χ3v) is 5.39. The van der Waals surface area contributed by atoms with Crippen molar-refractivity contribution < 1.29 is 13.2 Å². The van der Waals surface area contributed by atoms with Crippen molar-refractivity contribution in [3.8, 4) is 5.75 Å². The van der Waals surface area contributed by atoms with Crippen molar-refractivity contribution in [2.75, 3.05) is 0 Å². The highest BCUT2D eigenvalue weighted by Crippen LogP contribution is 2.23. The van der Waals surface area contributed by atoms with Crippen LogP contribution in [0.1, 0.15) is 5.56 Å². The van der Waals surface area contributed by atoms with Gasteiger partial charge in [0.1, 0.15) is 17.5 Å². The quantitative estimate of drug-likeness (QED) is 0.642. The van der Waals surface area contributed by atoms with E-state index in [0.29, 0.717) is 17.5 Å². The van der Waals surface area contributed by atoms with Gasteiger partial charge in [-0.05, 0) is 42.5 Å². The van der Waals surface area contributed by atoms with Crippen LogP contribution < -0.4 is 4.74 Å². The Balaban J connectivity index is 1.72. The molecule has 0 atom stereocenters. The summed E-state index contributed by atoms with van der Waals surface area (Å²) in [6.07, 6.45) is 1.64. The molecular formula is C18H14ClNO3S. The Bertz CT molecular complexity index is 909. The van der Waals surface area contributed by atoms with Crippen LogP contribution in [0.5, 0.6) is 5.75 Å². The van der Waals surface area contributed by atoms with Crippen LogP contribution in [0, 0.1) is 0 Å². The fourth-order valence-electron chi connectivity index (χ4n) is 2.11. The lowest BCUT2D eigenvalue weighted by atomic mass is 10.3. The summed E-state index contributed by atoms with van der Waals surface area (Å²) < 4.78 is 30.6. The van der Waals surface area contributed by atoms with Gasteiger partial charge < -0.3 is 4.74 Å². The first-order valence-electron chi connectivity index (χ1n) is 7.19. The fourth-order valence-corrected chi connectivity index (χ4v) is 3.50. The van der Waals surface area contributed by atoms with Crippen LogP contribution in [0.25, 0.3) is 0 Å². The predicted octanol–water partition coefficient (Wildman–Crippen LogP) is 4.15. The third-order valence-electron chi connectivity index (χ3n) is 3.38. The molecule has 0 fully saturated rings. The minimum absolute atomic E-state index is 0.231. The molecule has 24 heavy (non-hydrogen) atoms. The van der Waals surface area contributed by atoms with Crippen LogP contribution in [-0.4, -0.2) is 13.4 Å². The SMILES string of the molecule is O=S(=O)(c1ccccc1)c1ccc(OCc2ccc(Cl)nc2)cc1. The van der Waals surface area contributed by atoms with E-state index in [0.717, 1.165) is 5.56 Å². The number of sulfone groups is 1. The van der Waals surface area contributed by atoms with Gasteiger partial charge in [-0.15, -0.1) is 0 Å². The maximum atomic E-state index is 12.5. The van der Waals surface area contributed by atoms with Gasteiger partial charge in [0, 0.05) is 11.8 Å². The van der Waals surface area contributed by atoms with Gasteiger partial charge in [0.15, 0.2) is 0 Å². The Kier molecular flexibility index (Phi) is 4.83. The molecular weight excluding hydrogens is 346 g/mol. The molecule has 4 nitrogen and oxygen atoms in total. The fraction of sp³-hybridized carbons (Fsp3) is 0.0556. The molecule has 0 aliphatic rings. The van der Waals surface area contributed by atoms with E-state index in [1.165, 1.54) is 12.1 Å². The summed E-state index contributed by atoms with van der Waals surface area (Å²) in [5.41, 5.74) is 0.875. The molecule has 0 unspecified atom stereocenters. The molecule has 0 aliphatic heterocycles. The third kappa shape index (κ3) is 3.75. The number of nitrogens with zero attached hydrogens (tertiary/aromatic N) is 1. The highest BCUT2D eigenvalue weighted by molar-refractivity contribution is 7.91. The van der Waals surface area contributed by atoms with Gasteiger partial charge in [0.25, 0.3) is 0 Å². The van der Waals surface area contributed by atoms with Gasteiger partial charge in [-0.1, -0.05) is 35.9 Å². The van der Waals surface area contributed by atoms with Crippen LogP contribution in [0.3, 0.4) is 0 Å². The highest BCUT2D eigenvalue weighted by Gasteiger charge is 2.16. The van der Waals surface area contributed by atoms with Gasteiger partial charge in [-0.3, -0.25) is 0 Å². The van der Waals surface area contributed by atoms with Gasteiger partial charge in [-0.2, -0.15) is 0 Å². The smallest absolute Gasteiger partial charge is 0.206 e. The van der Waals surface area contributed by atoms with E-state index in [4.69, 9.17) is 16.3 Å². The number of pyridine rings is 1. The Labute approximate surface area is 145 Å². The van der Waals surface area contributed by atoms with E-state index in [1.54, 1.807) is 54.7 Å². The summed E-state index contributed by atoms with van der Waals surface area (Å²) in [6, 6.07) is 18.2. The van der Waals surface area contributed by atoms with E-state index in [9.17, 15) is 8.42 Å². The Morgan fingerprint density at radius 2 is 1.54 bits per heavy atom. The molecule has 0 radical (unpaired) electrons. The summed E-state index contributed by atoms with van der Waals surface area (Å²) in [5.74, 6) is 0.581. The molecule has 0 saturated heterocycles. The van der Waals surface area contributed by atoms with Gasteiger partial charge in [-0.25, -0.2) is 13.4 Å². The van der Waals surface area contributed by atoms with Crippen molar-refractivity contribution >= 4 is 21.4 Å². The van der Waals surface area contributed by atoms with Crippen molar-refractivity contribution in [3.05, 3.63) is 83.6 Å². The molecule has 0 spiro atoms. The number of rotatable bonds is 5. The maximum absolute atomic E-state index is 12.5. The van der Waals surface area contributed by atoms with E-state index in [-0.39, 0.29) is 9.79 Å². The summed E-state index contributed by atoms with van der Waals surface area (Å²) in [7, 11) is -3.51. The van der Waals surface area contributed by atoms with Crippen LogP contribution in [0.4, 0.5) is 0 Å². The molecule has 0 aliphatic carbocycles. The molecule has 0 N–H and O–H groups in total. The summed E-state index contributed by atoms with van der Waals surface area (Å²) >= 11 is 5.73. The van der Waals surface area contributed by atoms with Gasteiger partial charge >= 0.3 is 0 Å². The lowest BCUT2D eigenvalue weighted by Crippen LogP contribution is -2.02. The van der Waals surface area contributed by atoms with Crippen LogP contribution >= 0.6 is 11.6 Å². The van der Waals surface area contributed by atoms with E-state index in [2.05, 4.69) is 4.98 Å². The number of hydrogen-bond acceptors (Lipinski definition) is 4. The topological polar surface area (TPSA) is 56.3 Å². The zero-order valence-corrected chi connectivity index (χ0v) is 14.2. The van der Waals surface area contributed by atoms with Crippen LogP contribution in [0.2, 0.25) is 5.15 Å². The first-order chi connectivity index (χ1) is 11.6. The van der Waals surface area contributed by atoms with Crippen LogP contribution in [-0.2, 0) is 16.4 Å². The molecule has 1 heterocycles. The predicted molar refractivity (Wildman–Crippen MR) is 91.9 cm³/mol. The molecule has 122 valence electrons. The van der Waals surface area contributed by atoms with Crippen LogP contribution in [0.15, 0.2) is 82.7 Å². The standard InChI is InChI=1S/C18H14ClNO3S/c19-18-11-6-14(12-20-18)13-23-15-7-9-17(10-8-15)24(21,22)16-4-2-1-3-5-16/h1-12H,13H2. The van der Waals surface area contributed by atoms with Crippen molar-refractivity contribution in [3.63, 3.8) is 0 Å². The number of hydrogen-bond donors (Lipinski definition) is 0. The first-order valence-corrected chi connectivity index (χ1v) is 9.05. The maximum Gasteiger partial charge on any atom is 0.206 e. The van der Waals surface area contributed by atoms with Gasteiger partial charge in [0.2, 0.25) is 9.84 Å². The lowest BCUT2D eigenvalue weighted by Gasteiger charge is -2.08. The number of ether oxygens (including phenoxy) is 1. The largest absolute Gasteiger partial charge is 0.489 e. The summed E-state index contributed by atoms with van der Waals surface area (Å²) in [4.78, 5) is 4.48. The normalized spacial score (nSPS) is 11.2. The summed E-state index contributed by atoms with van der Waals surface area (Å²) in [5, 5.41) is 0.425. The lowest BCUT2D eigenvalue weighted by molar-refractivity contribution is 0.305. The zero-order valence-electron chi connectivity index (χ0n) is 12.6.